The molecule has 2 fully saturated rings. The van der Waals surface area contributed by atoms with Gasteiger partial charge in [-0.1, -0.05) is 0 Å². The maximum absolute atomic E-state index is 13.5. The fourth-order valence-corrected chi connectivity index (χ4v) is 4.11. The van der Waals surface area contributed by atoms with Crippen LogP contribution in [0.25, 0.3) is 11.1 Å². The number of hydrogen-bond donors (Lipinski definition) is 1. The van der Waals surface area contributed by atoms with Crippen molar-refractivity contribution in [1.82, 2.24) is 14.8 Å². The van der Waals surface area contributed by atoms with Crippen molar-refractivity contribution in [3.63, 3.8) is 0 Å². The third-order valence-electron chi connectivity index (χ3n) is 5.52. The number of imide groups is 1. The molecule has 0 atom stereocenters. The van der Waals surface area contributed by atoms with Gasteiger partial charge >= 0.3 is 12.1 Å². The highest BCUT2D eigenvalue weighted by molar-refractivity contribution is 6.17. The minimum atomic E-state index is -1.10. The Bertz CT molecular complexity index is 968. The number of carbonyl (C=O) groups is 3. The van der Waals surface area contributed by atoms with Crippen molar-refractivity contribution in [1.29, 1.82) is 0 Å². The number of fused-ring (bicyclic) bond motifs is 1. The van der Waals surface area contributed by atoms with Crippen LogP contribution in [0.1, 0.15) is 33.6 Å². The molecule has 2 aliphatic rings. The average molecular weight is 386 g/mol. The average Bonchev–Trinajstić information content (AvgIpc) is 3.16. The quantitative estimate of drug-likeness (QED) is 0.755. The molecule has 28 heavy (non-hydrogen) atoms. The first-order chi connectivity index (χ1) is 13.1. The Morgan fingerprint density at radius 1 is 1.21 bits per heavy atom. The van der Waals surface area contributed by atoms with Gasteiger partial charge in [0.25, 0.3) is 5.91 Å². The Hall–Kier alpha value is -3.10. The zero-order valence-corrected chi connectivity index (χ0v) is 16.0. The van der Waals surface area contributed by atoms with Gasteiger partial charge < -0.3 is 14.4 Å². The van der Waals surface area contributed by atoms with Gasteiger partial charge in [-0.05, 0) is 51.8 Å². The van der Waals surface area contributed by atoms with Crippen LogP contribution in [-0.4, -0.2) is 62.1 Å². The molecule has 0 radical (unpaired) electrons. The van der Waals surface area contributed by atoms with Crippen LogP contribution in [0, 0.1) is 0 Å². The summed E-state index contributed by atoms with van der Waals surface area (Å²) in [6.07, 6.45) is 0.795. The van der Waals surface area contributed by atoms with Gasteiger partial charge in [-0.25, -0.2) is 14.6 Å². The van der Waals surface area contributed by atoms with E-state index >= 15 is 0 Å². The smallest absolute Gasteiger partial charge is 0.407 e. The number of aromatic nitrogens is 1. The molecule has 0 bridgehead atoms. The molecule has 1 aromatic heterocycles. The normalized spacial score (nSPS) is 19.9. The van der Waals surface area contributed by atoms with E-state index in [9.17, 15) is 19.5 Å². The first-order valence-corrected chi connectivity index (χ1v) is 9.15. The highest BCUT2D eigenvalue weighted by Gasteiger charge is 2.61. The Morgan fingerprint density at radius 2 is 1.89 bits per heavy atom. The molecule has 1 aromatic carbocycles. The second-order valence-corrected chi connectivity index (χ2v) is 8.23. The van der Waals surface area contributed by atoms with Crippen LogP contribution >= 0.6 is 0 Å². The minimum Gasteiger partial charge on any atom is -0.465 e. The monoisotopic (exact) mass is 386 g/mol. The maximum Gasteiger partial charge on any atom is 0.407 e. The van der Waals surface area contributed by atoms with E-state index < -0.39 is 23.2 Å². The predicted octanol–water partition coefficient (Wildman–Crippen LogP) is 2.91. The summed E-state index contributed by atoms with van der Waals surface area (Å²) in [5.74, 6) is -0.282. The first kappa shape index (κ1) is 18.3. The van der Waals surface area contributed by atoms with Gasteiger partial charge in [-0.15, -0.1) is 0 Å². The van der Waals surface area contributed by atoms with Crippen molar-refractivity contribution in [2.45, 2.75) is 44.7 Å². The minimum absolute atomic E-state index is 0.190. The predicted molar refractivity (Wildman–Crippen MR) is 100 cm³/mol. The molecule has 4 amide bonds. The lowest BCUT2D eigenvalue weighted by atomic mass is 9.85. The van der Waals surface area contributed by atoms with E-state index in [2.05, 4.69) is 4.98 Å². The second kappa shape index (κ2) is 5.95. The number of anilines is 1. The second-order valence-electron chi connectivity index (χ2n) is 8.23. The Morgan fingerprint density at radius 3 is 2.50 bits per heavy atom. The van der Waals surface area contributed by atoms with Gasteiger partial charge in [0.05, 0.1) is 0 Å². The van der Waals surface area contributed by atoms with Gasteiger partial charge in [-0.3, -0.25) is 14.6 Å². The third kappa shape index (κ3) is 2.53. The van der Waals surface area contributed by atoms with Crippen molar-refractivity contribution < 1.29 is 23.9 Å². The molecule has 148 valence electrons. The number of carboxylic acid groups (broad SMARTS) is 1. The van der Waals surface area contributed by atoms with Crippen LogP contribution in [-0.2, 0) is 4.79 Å². The lowest BCUT2D eigenvalue weighted by Gasteiger charge is -2.41. The number of carbonyl (C=O) groups excluding carboxylic acids is 2. The summed E-state index contributed by atoms with van der Waals surface area (Å²) < 4.78 is 5.27. The third-order valence-corrected chi connectivity index (χ3v) is 5.52. The molecule has 3 heterocycles. The number of nitrogens with zero attached hydrogens (tertiary/aromatic N) is 4. The van der Waals surface area contributed by atoms with E-state index in [0.717, 1.165) is 0 Å². The fraction of sp³-hybridized carbons (Fsp3) is 0.474. The van der Waals surface area contributed by atoms with E-state index in [0.29, 0.717) is 16.8 Å². The van der Waals surface area contributed by atoms with E-state index in [1.54, 1.807) is 18.2 Å². The lowest BCUT2D eigenvalue weighted by molar-refractivity contribution is -0.135. The van der Waals surface area contributed by atoms with Gasteiger partial charge in [0.15, 0.2) is 12.0 Å². The molecule has 9 nitrogen and oxygen atoms in total. The molecule has 1 N–H and O–H groups in total. The molecule has 2 aromatic rings. The summed E-state index contributed by atoms with van der Waals surface area (Å²) in [6, 6.07) is 4.77. The Labute approximate surface area is 161 Å². The summed E-state index contributed by atoms with van der Waals surface area (Å²) in [5, 5.41) is 9.28. The molecule has 2 saturated heterocycles. The van der Waals surface area contributed by atoms with Crippen LogP contribution in [0.2, 0.25) is 0 Å². The van der Waals surface area contributed by atoms with Crippen LogP contribution in [0.3, 0.4) is 0 Å². The van der Waals surface area contributed by atoms with Crippen molar-refractivity contribution in [3.05, 3.63) is 24.6 Å². The zero-order chi connectivity index (χ0) is 20.3. The standard InChI is InChI=1S/C19H22N4O5/c1-18(2,3)23-15(24)19(6-8-21(9-7-19)17(26)27)22(16(23)25)12-4-5-14-13(10-12)20-11-28-14/h4-5,10-11H,6-9H2,1-3H3,(H,26,27). The van der Waals surface area contributed by atoms with Crippen molar-refractivity contribution in [3.8, 4) is 0 Å². The largest absolute Gasteiger partial charge is 0.465 e. The number of rotatable bonds is 1. The maximum atomic E-state index is 13.5. The topological polar surface area (TPSA) is 107 Å². The highest BCUT2D eigenvalue weighted by atomic mass is 16.4. The van der Waals surface area contributed by atoms with Crippen LogP contribution in [0.5, 0.6) is 0 Å². The first-order valence-electron chi connectivity index (χ1n) is 9.15. The molecule has 9 heteroatoms. The summed E-state index contributed by atoms with van der Waals surface area (Å²) in [6.45, 7) is 5.82. The van der Waals surface area contributed by atoms with E-state index in [1.807, 2.05) is 20.8 Å². The van der Waals surface area contributed by atoms with Gasteiger partial charge in [0, 0.05) is 24.3 Å². The molecule has 0 saturated carbocycles. The molecule has 2 aliphatic heterocycles. The van der Waals surface area contributed by atoms with Crippen LogP contribution < -0.4 is 4.90 Å². The summed E-state index contributed by atoms with van der Waals surface area (Å²) in [7, 11) is 0. The van der Waals surface area contributed by atoms with Gasteiger partial charge in [-0.2, -0.15) is 0 Å². The molecular formula is C19H22N4O5. The number of likely N-dealkylation sites (tertiary alicyclic amines) is 1. The number of benzene rings is 1. The van der Waals surface area contributed by atoms with E-state index in [-0.39, 0.29) is 31.8 Å². The van der Waals surface area contributed by atoms with Crippen LogP contribution in [0.15, 0.2) is 29.0 Å². The van der Waals surface area contributed by atoms with Crippen molar-refractivity contribution >= 4 is 34.8 Å². The molecule has 0 aliphatic carbocycles. The van der Waals surface area contributed by atoms with Crippen LogP contribution in [0.4, 0.5) is 15.3 Å². The number of urea groups is 1. The number of hydrogen-bond acceptors (Lipinski definition) is 5. The van der Waals surface area contributed by atoms with Crippen molar-refractivity contribution in [2.24, 2.45) is 0 Å². The highest BCUT2D eigenvalue weighted by Crippen LogP contribution is 2.43. The van der Waals surface area contributed by atoms with E-state index in [4.69, 9.17) is 4.42 Å². The molecule has 1 spiro atoms. The molecular weight excluding hydrogens is 364 g/mol. The molecule has 4 rings (SSSR count). The van der Waals surface area contributed by atoms with Gasteiger partial charge in [0.2, 0.25) is 0 Å². The van der Waals surface area contributed by atoms with E-state index in [1.165, 1.54) is 21.1 Å². The summed E-state index contributed by atoms with van der Waals surface area (Å²) in [4.78, 5) is 46.4. The SMILES string of the molecule is CC(C)(C)N1C(=O)N(c2ccc3ocnc3c2)C2(CCN(C(=O)O)CC2)C1=O. The Balaban J connectivity index is 1.81. The Kier molecular flexibility index (Phi) is 3.88. The summed E-state index contributed by atoms with van der Waals surface area (Å²) >= 11 is 0. The zero-order valence-electron chi connectivity index (χ0n) is 16.0. The number of amides is 4. The lowest BCUT2D eigenvalue weighted by Crippen LogP contribution is -2.58. The number of oxazole rings is 1. The molecule has 0 unspecified atom stereocenters. The van der Waals surface area contributed by atoms with Gasteiger partial charge in [0.1, 0.15) is 11.1 Å². The fourth-order valence-electron chi connectivity index (χ4n) is 4.11. The summed E-state index contributed by atoms with van der Waals surface area (Å²) in [5.41, 5.74) is -0.0736. The number of piperidine rings is 1. The van der Waals surface area contributed by atoms with Crippen molar-refractivity contribution in [2.75, 3.05) is 18.0 Å².